The van der Waals surface area contributed by atoms with Crippen LogP contribution < -0.4 is 5.73 Å². The standard InChI is InChI=1S/C23H20FN7O/c1-3-21(32)30-9-7-15(12-30)31-19-6-8-26-23(25)22(19)17(28-31)5-4-14-10-18-20(11-16(14)24)29(2)13-27-18/h3,6,8,10-11,13,15H,1,7,9,12H2,2H3,(H2,25,26). The van der Waals surface area contributed by atoms with E-state index < -0.39 is 5.82 Å². The van der Waals surface area contributed by atoms with Crippen molar-refractivity contribution in [3.63, 3.8) is 0 Å². The van der Waals surface area contributed by atoms with Crippen molar-refractivity contribution in [2.24, 2.45) is 7.05 Å². The van der Waals surface area contributed by atoms with Gasteiger partial charge < -0.3 is 15.2 Å². The van der Waals surface area contributed by atoms with E-state index in [0.29, 0.717) is 41.0 Å². The minimum absolute atomic E-state index is 0.0274. The Labute approximate surface area is 183 Å². The van der Waals surface area contributed by atoms with Crippen LogP contribution in [0.3, 0.4) is 0 Å². The average Bonchev–Trinajstić information content (AvgIpc) is 3.50. The first kappa shape index (κ1) is 19.8. The molecule has 0 aliphatic carbocycles. The number of aromatic nitrogens is 5. The van der Waals surface area contributed by atoms with Crippen molar-refractivity contribution in [3.05, 3.63) is 60.5 Å². The maximum atomic E-state index is 14.6. The zero-order chi connectivity index (χ0) is 22.4. The number of nitrogens with two attached hydrogens (primary N) is 1. The number of halogens is 1. The number of nitrogens with zero attached hydrogens (tertiary/aromatic N) is 6. The molecule has 0 bridgehead atoms. The lowest BCUT2D eigenvalue weighted by atomic mass is 10.1. The molecule has 32 heavy (non-hydrogen) atoms. The van der Waals surface area contributed by atoms with Gasteiger partial charge in [-0.3, -0.25) is 9.48 Å². The molecule has 5 rings (SSSR count). The molecule has 3 aromatic heterocycles. The van der Waals surface area contributed by atoms with Crippen LogP contribution in [0.4, 0.5) is 10.2 Å². The zero-order valence-corrected chi connectivity index (χ0v) is 17.4. The van der Waals surface area contributed by atoms with Crippen LogP contribution in [0.15, 0.2) is 43.4 Å². The second-order valence-electron chi connectivity index (χ2n) is 7.74. The molecule has 0 spiro atoms. The van der Waals surface area contributed by atoms with Crippen molar-refractivity contribution in [1.29, 1.82) is 0 Å². The Bertz CT molecular complexity index is 1460. The first-order valence-electron chi connectivity index (χ1n) is 10.1. The van der Waals surface area contributed by atoms with Crippen LogP contribution >= 0.6 is 0 Å². The number of benzene rings is 1. The molecule has 1 fully saturated rings. The molecule has 1 aromatic carbocycles. The lowest BCUT2D eigenvalue weighted by Gasteiger charge is -2.15. The van der Waals surface area contributed by atoms with Gasteiger partial charge in [-0.2, -0.15) is 5.10 Å². The number of amides is 1. The molecule has 8 nitrogen and oxygen atoms in total. The summed E-state index contributed by atoms with van der Waals surface area (Å²) in [5.74, 6) is 5.61. The molecule has 2 N–H and O–H groups in total. The minimum atomic E-state index is -0.433. The highest BCUT2D eigenvalue weighted by Crippen LogP contribution is 2.29. The number of carbonyl (C=O) groups excluding carboxylic acids is 1. The smallest absolute Gasteiger partial charge is 0.246 e. The van der Waals surface area contributed by atoms with E-state index in [2.05, 4.69) is 33.5 Å². The average molecular weight is 429 g/mol. The number of rotatable bonds is 2. The van der Waals surface area contributed by atoms with E-state index in [0.717, 1.165) is 11.9 Å². The van der Waals surface area contributed by atoms with Crippen LogP contribution in [-0.4, -0.2) is 48.2 Å². The van der Waals surface area contributed by atoms with Crippen LogP contribution in [0, 0.1) is 17.7 Å². The number of likely N-dealkylation sites (tertiary alicyclic amines) is 1. The Hall–Kier alpha value is -4.19. The fourth-order valence-electron chi connectivity index (χ4n) is 4.12. The van der Waals surface area contributed by atoms with Gasteiger partial charge in [-0.1, -0.05) is 12.5 Å². The monoisotopic (exact) mass is 429 g/mol. The number of hydrogen-bond donors (Lipinski definition) is 1. The maximum Gasteiger partial charge on any atom is 0.246 e. The normalized spacial score (nSPS) is 15.8. The zero-order valence-electron chi connectivity index (χ0n) is 17.4. The van der Waals surface area contributed by atoms with E-state index in [9.17, 15) is 9.18 Å². The lowest BCUT2D eigenvalue weighted by Crippen LogP contribution is -2.27. The van der Waals surface area contributed by atoms with E-state index in [1.165, 1.54) is 12.1 Å². The van der Waals surface area contributed by atoms with Crippen molar-refractivity contribution in [2.75, 3.05) is 18.8 Å². The number of anilines is 1. The first-order valence-corrected chi connectivity index (χ1v) is 10.1. The number of imidazole rings is 1. The molecule has 9 heteroatoms. The molecule has 0 radical (unpaired) electrons. The van der Waals surface area contributed by atoms with E-state index in [1.54, 1.807) is 35.1 Å². The fraction of sp³-hybridized carbons (Fsp3) is 0.217. The molecule has 1 amide bonds. The molecule has 4 aromatic rings. The van der Waals surface area contributed by atoms with Crippen LogP contribution in [0.5, 0.6) is 0 Å². The van der Waals surface area contributed by atoms with E-state index in [-0.39, 0.29) is 17.5 Å². The van der Waals surface area contributed by atoms with Crippen molar-refractivity contribution < 1.29 is 9.18 Å². The highest BCUT2D eigenvalue weighted by Gasteiger charge is 2.29. The quantitative estimate of drug-likeness (QED) is 0.390. The number of pyridine rings is 1. The summed E-state index contributed by atoms with van der Waals surface area (Å²) >= 11 is 0. The van der Waals surface area contributed by atoms with Gasteiger partial charge in [-0.05, 0) is 30.6 Å². The van der Waals surface area contributed by atoms with Gasteiger partial charge in [-0.15, -0.1) is 0 Å². The molecular weight excluding hydrogens is 409 g/mol. The number of nitrogen functional groups attached to an aromatic ring is 1. The van der Waals surface area contributed by atoms with Gasteiger partial charge in [0.2, 0.25) is 5.91 Å². The molecule has 1 aliphatic heterocycles. The van der Waals surface area contributed by atoms with Gasteiger partial charge in [0, 0.05) is 32.4 Å². The van der Waals surface area contributed by atoms with Crippen LogP contribution in [0.2, 0.25) is 0 Å². The van der Waals surface area contributed by atoms with E-state index in [4.69, 9.17) is 5.73 Å². The molecule has 0 saturated carbocycles. The van der Waals surface area contributed by atoms with E-state index in [1.807, 2.05) is 10.7 Å². The summed E-state index contributed by atoms with van der Waals surface area (Å²) in [7, 11) is 1.81. The molecular formula is C23H20FN7O. The van der Waals surface area contributed by atoms with Crippen LogP contribution in [0.25, 0.3) is 21.9 Å². The Morgan fingerprint density at radius 1 is 1.31 bits per heavy atom. The second-order valence-corrected chi connectivity index (χ2v) is 7.74. The van der Waals surface area contributed by atoms with Crippen LogP contribution in [0.1, 0.15) is 23.7 Å². The maximum absolute atomic E-state index is 14.6. The molecule has 1 saturated heterocycles. The molecule has 1 aliphatic rings. The van der Waals surface area contributed by atoms with Crippen LogP contribution in [-0.2, 0) is 11.8 Å². The first-order chi connectivity index (χ1) is 15.5. The number of carbonyl (C=O) groups is 1. The van der Waals surface area contributed by atoms with Gasteiger partial charge in [0.1, 0.15) is 17.3 Å². The molecule has 1 atom stereocenters. The number of hydrogen-bond acceptors (Lipinski definition) is 5. The summed E-state index contributed by atoms with van der Waals surface area (Å²) in [6, 6.07) is 4.83. The summed E-state index contributed by atoms with van der Waals surface area (Å²) in [5.41, 5.74) is 8.92. The second kappa shape index (κ2) is 7.50. The third kappa shape index (κ3) is 3.17. The number of fused-ring (bicyclic) bond motifs is 2. The predicted octanol–water partition coefficient (Wildman–Crippen LogP) is 2.40. The molecule has 160 valence electrons. The topological polar surface area (TPSA) is 94.9 Å². The number of aryl methyl sites for hydroxylation is 1. The Morgan fingerprint density at radius 2 is 2.16 bits per heavy atom. The summed E-state index contributed by atoms with van der Waals surface area (Å²) < 4.78 is 18.2. The Balaban J connectivity index is 1.57. The van der Waals surface area contributed by atoms with Gasteiger partial charge in [-0.25, -0.2) is 14.4 Å². The molecule has 1 unspecified atom stereocenters. The highest BCUT2D eigenvalue weighted by molar-refractivity contribution is 5.93. The highest BCUT2D eigenvalue weighted by atomic mass is 19.1. The lowest BCUT2D eigenvalue weighted by molar-refractivity contribution is -0.125. The van der Waals surface area contributed by atoms with E-state index >= 15 is 0 Å². The SMILES string of the molecule is C=CC(=O)N1CCC(n2nc(C#Cc3cc4ncn(C)c4cc3F)c3c(N)nccc32)C1. The van der Waals surface area contributed by atoms with Gasteiger partial charge in [0.15, 0.2) is 0 Å². The van der Waals surface area contributed by atoms with Crippen molar-refractivity contribution >= 4 is 33.7 Å². The third-order valence-corrected chi connectivity index (χ3v) is 5.78. The summed E-state index contributed by atoms with van der Waals surface area (Å²) in [6.07, 6.45) is 5.31. The van der Waals surface area contributed by atoms with Crippen molar-refractivity contribution in [1.82, 2.24) is 29.2 Å². The Kier molecular flexibility index (Phi) is 4.63. The summed E-state index contributed by atoms with van der Waals surface area (Å²) in [5, 5.41) is 5.30. The fourth-order valence-corrected chi connectivity index (χ4v) is 4.12. The third-order valence-electron chi connectivity index (χ3n) is 5.78. The van der Waals surface area contributed by atoms with Crippen molar-refractivity contribution in [2.45, 2.75) is 12.5 Å². The predicted molar refractivity (Wildman–Crippen MR) is 119 cm³/mol. The largest absolute Gasteiger partial charge is 0.383 e. The van der Waals surface area contributed by atoms with Gasteiger partial charge in [0.05, 0.1) is 39.9 Å². The molecule has 4 heterocycles. The summed E-state index contributed by atoms with van der Waals surface area (Å²) in [6.45, 7) is 4.69. The summed E-state index contributed by atoms with van der Waals surface area (Å²) in [4.78, 5) is 22.2. The van der Waals surface area contributed by atoms with Crippen molar-refractivity contribution in [3.8, 4) is 11.8 Å². The van der Waals surface area contributed by atoms with Gasteiger partial charge in [0.25, 0.3) is 0 Å². The minimum Gasteiger partial charge on any atom is -0.383 e. The van der Waals surface area contributed by atoms with Gasteiger partial charge >= 0.3 is 0 Å². The Morgan fingerprint density at radius 3 is 2.97 bits per heavy atom.